The summed E-state index contributed by atoms with van der Waals surface area (Å²) in [4.78, 5) is 28.6. The van der Waals surface area contributed by atoms with Crippen molar-refractivity contribution in [3.8, 4) is 0 Å². The molecule has 2 aliphatic heterocycles. The van der Waals surface area contributed by atoms with Crippen molar-refractivity contribution in [2.24, 2.45) is 11.1 Å². The molecule has 3 N–H and O–H groups in total. The number of benzene rings is 1. The highest BCUT2D eigenvalue weighted by Crippen LogP contribution is 2.21. The number of piperazine rings is 1. The number of nitrogens with two attached hydrogens (primary N) is 1. The molecule has 0 atom stereocenters. The summed E-state index contributed by atoms with van der Waals surface area (Å²) >= 11 is 0. The van der Waals surface area contributed by atoms with Crippen LogP contribution in [-0.2, 0) is 19.8 Å². The summed E-state index contributed by atoms with van der Waals surface area (Å²) in [6.45, 7) is 2.86. The second kappa shape index (κ2) is 9.16. The van der Waals surface area contributed by atoms with Crippen molar-refractivity contribution < 1.29 is 22.4 Å². The zero-order valence-electron chi connectivity index (χ0n) is 16.1. The van der Waals surface area contributed by atoms with E-state index in [0.29, 0.717) is 44.7 Å². The maximum atomic E-state index is 13.2. The Morgan fingerprint density at radius 3 is 2.34 bits per heavy atom. The first-order valence-electron chi connectivity index (χ1n) is 9.57. The zero-order chi connectivity index (χ0) is 21.0. The number of carbonyl (C=O) groups excluding carboxylic acids is 2. The Labute approximate surface area is 169 Å². The highest BCUT2D eigenvalue weighted by atomic mass is 32.2. The summed E-state index contributed by atoms with van der Waals surface area (Å²) in [5, 5.41) is 7.80. The smallest absolute Gasteiger partial charge is 0.276 e. The predicted molar refractivity (Wildman–Crippen MR) is 105 cm³/mol. The van der Waals surface area contributed by atoms with Gasteiger partial charge in [-0.15, -0.1) is 0 Å². The Morgan fingerprint density at radius 1 is 1.10 bits per heavy atom. The van der Waals surface area contributed by atoms with E-state index in [1.165, 1.54) is 22.5 Å². The zero-order valence-corrected chi connectivity index (χ0v) is 16.9. The fraction of sp³-hybridized carbons (Fsp3) is 0.556. The number of nitrogens with zero attached hydrogens (tertiary/aromatic N) is 3. The third-order valence-electron chi connectivity index (χ3n) is 5.32. The van der Waals surface area contributed by atoms with Crippen molar-refractivity contribution in [3.05, 3.63) is 30.1 Å². The molecule has 0 unspecified atom stereocenters. The van der Waals surface area contributed by atoms with Crippen molar-refractivity contribution in [2.45, 2.75) is 12.8 Å². The number of amides is 2. The third-order valence-corrected chi connectivity index (χ3v) is 6.41. The van der Waals surface area contributed by atoms with Gasteiger partial charge in [-0.25, -0.2) is 9.53 Å². The Morgan fingerprint density at radius 2 is 1.76 bits per heavy atom. The molecule has 3 rings (SSSR count). The van der Waals surface area contributed by atoms with E-state index >= 15 is 0 Å². The quantitative estimate of drug-likeness (QED) is 0.677. The van der Waals surface area contributed by atoms with Gasteiger partial charge in [-0.3, -0.25) is 14.5 Å². The molecule has 2 aliphatic rings. The minimum Gasteiger partial charge on any atom is -0.340 e. The Balaban J connectivity index is 1.42. The first-order valence-corrected chi connectivity index (χ1v) is 11.1. The van der Waals surface area contributed by atoms with Gasteiger partial charge in [0.05, 0.1) is 6.54 Å². The summed E-state index contributed by atoms with van der Waals surface area (Å²) in [6, 6.07) is 5.72. The third kappa shape index (κ3) is 5.95. The van der Waals surface area contributed by atoms with Crippen LogP contribution in [0.5, 0.6) is 0 Å². The molecule has 2 heterocycles. The number of piperidine rings is 1. The number of hydrogen-bond acceptors (Lipinski definition) is 5. The van der Waals surface area contributed by atoms with E-state index < -0.39 is 16.0 Å². The SMILES string of the molecule is NS(=O)(=O)N1CCC(C(=O)N2CCN(CC(=O)Nc3cccc(F)c3)CC2)CC1. The van der Waals surface area contributed by atoms with Gasteiger partial charge in [-0.05, 0) is 31.0 Å². The second-order valence-corrected chi connectivity index (χ2v) is 8.92. The minimum absolute atomic E-state index is 0.0305. The van der Waals surface area contributed by atoms with Gasteiger partial charge < -0.3 is 10.2 Å². The molecular formula is C18H26FN5O4S. The molecule has 2 amide bonds. The van der Waals surface area contributed by atoms with Gasteiger partial charge in [-0.1, -0.05) is 6.07 Å². The van der Waals surface area contributed by atoms with Crippen LogP contribution in [0.25, 0.3) is 0 Å². The van der Waals surface area contributed by atoms with Crippen LogP contribution in [0, 0.1) is 11.7 Å². The summed E-state index contributed by atoms with van der Waals surface area (Å²) in [6.07, 6.45) is 0.928. The lowest BCUT2D eigenvalue weighted by Crippen LogP contribution is -2.53. The van der Waals surface area contributed by atoms with E-state index in [1.54, 1.807) is 11.0 Å². The second-order valence-electron chi connectivity index (χ2n) is 7.38. The van der Waals surface area contributed by atoms with Gasteiger partial charge >= 0.3 is 0 Å². The number of carbonyl (C=O) groups is 2. The highest BCUT2D eigenvalue weighted by Gasteiger charge is 2.33. The largest absolute Gasteiger partial charge is 0.340 e. The van der Waals surface area contributed by atoms with Crippen LogP contribution in [0.4, 0.5) is 10.1 Å². The van der Waals surface area contributed by atoms with E-state index in [2.05, 4.69) is 5.32 Å². The van der Waals surface area contributed by atoms with Crippen molar-refractivity contribution >= 4 is 27.7 Å². The summed E-state index contributed by atoms with van der Waals surface area (Å²) in [5.74, 6) is -0.811. The van der Waals surface area contributed by atoms with Crippen LogP contribution in [-0.4, -0.2) is 80.2 Å². The predicted octanol–water partition coefficient (Wildman–Crippen LogP) is -0.176. The summed E-state index contributed by atoms with van der Waals surface area (Å²) in [7, 11) is -3.70. The molecule has 1 aromatic carbocycles. The highest BCUT2D eigenvalue weighted by molar-refractivity contribution is 7.86. The van der Waals surface area contributed by atoms with E-state index in [1.807, 2.05) is 4.90 Å². The van der Waals surface area contributed by atoms with E-state index in [4.69, 9.17) is 5.14 Å². The van der Waals surface area contributed by atoms with E-state index in [0.717, 1.165) is 0 Å². The Bertz CT molecular complexity index is 850. The first kappa shape index (κ1) is 21.6. The Kier molecular flexibility index (Phi) is 6.83. The molecule has 1 aromatic rings. The number of hydrogen-bond donors (Lipinski definition) is 2. The van der Waals surface area contributed by atoms with Gasteiger partial charge in [0, 0.05) is 50.9 Å². The lowest BCUT2D eigenvalue weighted by Gasteiger charge is -2.37. The van der Waals surface area contributed by atoms with Crippen LogP contribution >= 0.6 is 0 Å². The maximum Gasteiger partial charge on any atom is 0.276 e. The normalized spacial score (nSPS) is 19.9. The average Bonchev–Trinajstić information content (AvgIpc) is 2.67. The number of nitrogens with one attached hydrogen (secondary N) is 1. The lowest BCUT2D eigenvalue weighted by molar-refractivity contribution is -0.138. The van der Waals surface area contributed by atoms with E-state index in [9.17, 15) is 22.4 Å². The van der Waals surface area contributed by atoms with Crippen molar-refractivity contribution in [2.75, 3.05) is 51.1 Å². The molecule has 11 heteroatoms. The number of anilines is 1. The molecule has 0 aromatic heterocycles. The van der Waals surface area contributed by atoms with Gasteiger partial charge in [0.1, 0.15) is 5.82 Å². The van der Waals surface area contributed by atoms with Crippen LogP contribution in [0.3, 0.4) is 0 Å². The number of rotatable bonds is 5. The van der Waals surface area contributed by atoms with Gasteiger partial charge in [0.25, 0.3) is 10.2 Å². The molecule has 29 heavy (non-hydrogen) atoms. The minimum atomic E-state index is -3.70. The summed E-state index contributed by atoms with van der Waals surface area (Å²) < 4.78 is 37.1. The maximum absolute atomic E-state index is 13.2. The molecule has 0 bridgehead atoms. The molecule has 2 saturated heterocycles. The standard InChI is InChI=1S/C18H26FN5O4S/c19-15-2-1-3-16(12-15)21-17(25)13-22-8-10-23(11-9-22)18(26)14-4-6-24(7-5-14)29(20,27)28/h1-3,12,14H,4-11,13H2,(H,21,25)(H2,20,27,28). The fourth-order valence-electron chi connectivity index (χ4n) is 3.71. The van der Waals surface area contributed by atoms with Crippen LogP contribution in [0.1, 0.15) is 12.8 Å². The average molecular weight is 428 g/mol. The molecule has 9 nitrogen and oxygen atoms in total. The molecule has 0 spiro atoms. The molecule has 0 saturated carbocycles. The fourth-order valence-corrected chi connectivity index (χ4v) is 4.43. The van der Waals surface area contributed by atoms with Gasteiger partial charge in [0.15, 0.2) is 0 Å². The molecule has 160 valence electrons. The van der Waals surface area contributed by atoms with Crippen LogP contribution in [0.2, 0.25) is 0 Å². The van der Waals surface area contributed by atoms with Crippen LogP contribution in [0.15, 0.2) is 24.3 Å². The molecule has 0 radical (unpaired) electrons. The van der Waals surface area contributed by atoms with Crippen molar-refractivity contribution in [1.82, 2.24) is 14.1 Å². The van der Waals surface area contributed by atoms with E-state index in [-0.39, 0.29) is 37.4 Å². The number of halogens is 1. The topological polar surface area (TPSA) is 116 Å². The van der Waals surface area contributed by atoms with Gasteiger partial charge in [-0.2, -0.15) is 12.7 Å². The van der Waals surface area contributed by atoms with Crippen LogP contribution < -0.4 is 10.5 Å². The first-order chi connectivity index (χ1) is 13.7. The summed E-state index contributed by atoms with van der Waals surface area (Å²) in [5.41, 5.74) is 0.412. The lowest BCUT2D eigenvalue weighted by atomic mass is 9.96. The Hall–Kier alpha value is -2.08. The van der Waals surface area contributed by atoms with Crippen molar-refractivity contribution in [3.63, 3.8) is 0 Å². The molecular weight excluding hydrogens is 401 g/mol. The molecule has 0 aliphatic carbocycles. The monoisotopic (exact) mass is 427 g/mol. The van der Waals surface area contributed by atoms with Crippen molar-refractivity contribution in [1.29, 1.82) is 0 Å². The molecule has 2 fully saturated rings. The van der Waals surface area contributed by atoms with Gasteiger partial charge in [0.2, 0.25) is 11.8 Å².